The lowest BCUT2D eigenvalue weighted by atomic mass is 10.3. The van der Waals surface area contributed by atoms with Gasteiger partial charge in [-0.1, -0.05) is 0 Å². The van der Waals surface area contributed by atoms with Crippen molar-refractivity contribution in [2.45, 2.75) is 24.7 Å². The van der Waals surface area contributed by atoms with Gasteiger partial charge in [-0.2, -0.15) is 0 Å². The van der Waals surface area contributed by atoms with Crippen LogP contribution in [0.1, 0.15) is 12.8 Å². The predicted molar refractivity (Wildman–Crippen MR) is 35.4 cm³/mol. The van der Waals surface area contributed by atoms with Gasteiger partial charge in [0.2, 0.25) is 0 Å². The minimum Gasteiger partial charge on any atom is -0.323 e. The van der Waals surface area contributed by atoms with E-state index in [1.54, 1.807) is 0 Å². The van der Waals surface area contributed by atoms with Crippen molar-refractivity contribution in [1.82, 2.24) is 0 Å². The Hall–Kier alpha value is -0.0000000000000000555. The third-order valence-electron chi connectivity index (χ3n) is 1.42. The third kappa shape index (κ3) is 4.44. The fraction of sp³-hybridized carbons (Fsp3) is 1.00. The first-order valence-electron chi connectivity index (χ1n) is 2.91. The normalized spacial score (nSPS) is 20.7. The van der Waals surface area contributed by atoms with Gasteiger partial charge in [0.05, 0.1) is 6.61 Å². The van der Waals surface area contributed by atoms with Crippen LogP contribution < -0.4 is 5.73 Å². The molecule has 0 heterocycles. The summed E-state index contributed by atoms with van der Waals surface area (Å²) in [5, 5.41) is 0. The molecule has 0 aromatic rings. The molecule has 0 amide bonds. The van der Waals surface area contributed by atoms with E-state index in [0.29, 0.717) is 12.8 Å². The van der Waals surface area contributed by atoms with Gasteiger partial charge in [-0.15, -0.1) is 25.6 Å². The number of alkyl halides is 3. The molecule has 68 valence electrons. The molecule has 0 saturated heterocycles. The Bertz CT molecular complexity index is 129. The van der Waals surface area contributed by atoms with Crippen molar-refractivity contribution in [3.8, 4) is 0 Å². The van der Waals surface area contributed by atoms with Gasteiger partial charge in [-0.25, -0.2) is 0 Å². The zero-order chi connectivity index (χ0) is 7.83. The maximum Gasteiger partial charge on any atom is 0.522 e. The molecular weight excluding hydrogens is 183 g/mol. The van der Waals surface area contributed by atoms with Crippen LogP contribution in [0.3, 0.4) is 0 Å². The fourth-order valence-electron chi connectivity index (χ4n) is 0.530. The van der Waals surface area contributed by atoms with Crippen molar-refractivity contribution in [2.24, 2.45) is 5.73 Å². The number of nitrogens with two attached hydrogens (primary N) is 1. The second-order valence-electron chi connectivity index (χ2n) is 2.60. The van der Waals surface area contributed by atoms with Crippen LogP contribution >= 0.6 is 12.4 Å². The van der Waals surface area contributed by atoms with Gasteiger partial charge in [0.25, 0.3) is 0 Å². The largest absolute Gasteiger partial charge is 0.522 e. The molecule has 1 saturated carbocycles. The standard InChI is InChI=1S/C5H8F3NO.ClH/c6-5(7,8)10-3-4(9)1-2-4;/h1-3,9H2;1H. The van der Waals surface area contributed by atoms with Crippen LogP contribution in [0, 0.1) is 0 Å². The SMILES string of the molecule is Cl.NC1(COC(F)(F)F)CC1. The van der Waals surface area contributed by atoms with Gasteiger partial charge in [0.15, 0.2) is 0 Å². The van der Waals surface area contributed by atoms with Crippen LogP contribution in [0.5, 0.6) is 0 Å². The van der Waals surface area contributed by atoms with E-state index in [4.69, 9.17) is 5.73 Å². The Morgan fingerprint density at radius 3 is 2.09 bits per heavy atom. The molecule has 0 radical (unpaired) electrons. The number of hydrogen-bond acceptors (Lipinski definition) is 2. The van der Waals surface area contributed by atoms with Gasteiger partial charge in [-0.05, 0) is 12.8 Å². The summed E-state index contributed by atoms with van der Waals surface area (Å²) in [5.74, 6) is 0. The summed E-state index contributed by atoms with van der Waals surface area (Å²) < 4.78 is 37.5. The average Bonchev–Trinajstić information content (AvgIpc) is 2.43. The van der Waals surface area contributed by atoms with Gasteiger partial charge in [-0.3, -0.25) is 4.74 Å². The first-order valence-corrected chi connectivity index (χ1v) is 2.91. The molecule has 1 aliphatic rings. The third-order valence-corrected chi connectivity index (χ3v) is 1.42. The Morgan fingerprint density at radius 1 is 1.36 bits per heavy atom. The molecule has 0 aromatic carbocycles. The van der Waals surface area contributed by atoms with E-state index in [0.717, 1.165) is 0 Å². The molecule has 11 heavy (non-hydrogen) atoms. The van der Waals surface area contributed by atoms with E-state index >= 15 is 0 Å². The molecule has 6 heteroatoms. The topological polar surface area (TPSA) is 35.2 Å². The molecule has 1 aliphatic carbocycles. The lowest BCUT2D eigenvalue weighted by Crippen LogP contribution is -2.31. The zero-order valence-corrected chi connectivity index (χ0v) is 6.47. The molecule has 0 atom stereocenters. The number of halogens is 4. The van der Waals surface area contributed by atoms with Crippen LogP contribution in [0.15, 0.2) is 0 Å². The number of hydrogen-bond donors (Lipinski definition) is 1. The molecule has 0 unspecified atom stereocenters. The summed E-state index contributed by atoms with van der Waals surface area (Å²) in [7, 11) is 0. The summed E-state index contributed by atoms with van der Waals surface area (Å²) in [6.45, 7) is -0.406. The number of rotatable bonds is 2. The first-order chi connectivity index (χ1) is 4.41. The molecule has 0 spiro atoms. The second-order valence-corrected chi connectivity index (χ2v) is 2.60. The van der Waals surface area contributed by atoms with Crippen molar-refractivity contribution in [3.05, 3.63) is 0 Å². The van der Waals surface area contributed by atoms with Crippen molar-refractivity contribution in [2.75, 3.05) is 6.61 Å². The van der Waals surface area contributed by atoms with E-state index in [9.17, 15) is 13.2 Å². The molecule has 2 N–H and O–H groups in total. The first kappa shape index (κ1) is 11.0. The van der Waals surface area contributed by atoms with Gasteiger partial charge in [0.1, 0.15) is 0 Å². The molecular formula is C5H9ClF3NO. The van der Waals surface area contributed by atoms with Gasteiger partial charge in [0, 0.05) is 5.54 Å². The fourth-order valence-corrected chi connectivity index (χ4v) is 0.530. The van der Waals surface area contributed by atoms with E-state index in [2.05, 4.69) is 4.74 Å². The van der Waals surface area contributed by atoms with Crippen molar-refractivity contribution in [1.29, 1.82) is 0 Å². The Kier molecular flexibility index (Phi) is 3.16. The Morgan fingerprint density at radius 2 is 1.82 bits per heavy atom. The van der Waals surface area contributed by atoms with E-state index < -0.39 is 18.5 Å². The van der Waals surface area contributed by atoms with Crippen molar-refractivity contribution >= 4 is 12.4 Å². The van der Waals surface area contributed by atoms with E-state index in [1.165, 1.54) is 0 Å². The lowest BCUT2D eigenvalue weighted by Gasteiger charge is -2.10. The molecule has 0 bridgehead atoms. The van der Waals surface area contributed by atoms with Gasteiger partial charge < -0.3 is 5.73 Å². The van der Waals surface area contributed by atoms with E-state index in [1.807, 2.05) is 0 Å². The van der Waals surface area contributed by atoms with Crippen molar-refractivity contribution < 1.29 is 17.9 Å². The molecule has 2 nitrogen and oxygen atoms in total. The predicted octanol–water partition coefficient (Wildman–Crippen LogP) is 1.44. The Balaban J connectivity index is 0.000001000. The highest BCUT2D eigenvalue weighted by atomic mass is 35.5. The van der Waals surface area contributed by atoms with E-state index in [-0.39, 0.29) is 12.4 Å². The second kappa shape index (κ2) is 3.16. The highest BCUT2D eigenvalue weighted by molar-refractivity contribution is 5.85. The monoisotopic (exact) mass is 191 g/mol. The minimum atomic E-state index is -4.53. The highest BCUT2D eigenvalue weighted by Crippen LogP contribution is 2.34. The van der Waals surface area contributed by atoms with Crippen LogP contribution in [0.2, 0.25) is 0 Å². The zero-order valence-electron chi connectivity index (χ0n) is 5.65. The van der Waals surface area contributed by atoms with Crippen LogP contribution in [0.25, 0.3) is 0 Å². The summed E-state index contributed by atoms with van der Waals surface area (Å²) in [6.07, 6.45) is -3.28. The summed E-state index contributed by atoms with van der Waals surface area (Å²) in [5.41, 5.74) is 4.64. The Labute approximate surface area is 68.3 Å². The summed E-state index contributed by atoms with van der Waals surface area (Å²) in [6, 6.07) is 0. The van der Waals surface area contributed by atoms with Crippen LogP contribution in [-0.4, -0.2) is 18.5 Å². The summed E-state index contributed by atoms with van der Waals surface area (Å²) >= 11 is 0. The smallest absolute Gasteiger partial charge is 0.323 e. The number of ether oxygens (including phenoxy) is 1. The van der Waals surface area contributed by atoms with Crippen LogP contribution in [0.4, 0.5) is 13.2 Å². The maximum absolute atomic E-state index is 11.3. The molecule has 0 aromatic heterocycles. The van der Waals surface area contributed by atoms with Gasteiger partial charge >= 0.3 is 6.36 Å². The molecule has 1 fully saturated rings. The quantitative estimate of drug-likeness (QED) is 0.717. The molecule has 1 rings (SSSR count). The lowest BCUT2D eigenvalue weighted by molar-refractivity contribution is -0.326. The summed E-state index contributed by atoms with van der Waals surface area (Å²) in [4.78, 5) is 0. The van der Waals surface area contributed by atoms with Crippen LogP contribution in [-0.2, 0) is 4.74 Å². The maximum atomic E-state index is 11.3. The average molecular weight is 192 g/mol. The molecule has 0 aliphatic heterocycles. The minimum absolute atomic E-state index is 0. The highest BCUT2D eigenvalue weighted by Gasteiger charge is 2.42. The van der Waals surface area contributed by atoms with Crippen molar-refractivity contribution in [3.63, 3.8) is 0 Å².